The van der Waals surface area contributed by atoms with E-state index in [0.29, 0.717) is 31.1 Å². The van der Waals surface area contributed by atoms with E-state index in [0.717, 1.165) is 6.07 Å². The highest BCUT2D eigenvalue weighted by Gasteiger charge is 2.34. The van der Waals surface area contributed by atoms with Crippen LogP contribution >= 0.6 is 0 Å². The second-order valence-electron chi connectivity index (χ2n) is 4.95. The van der Waals surface area contributed by atoms with Crippen LogP contribution < -0.4 is 10.6 Å². The minimum absolute atomic E-state index is 0.0643. The molecule has 0 spiro atoms. The Kier molecular flexibility index (Phi) is 6.14. The first-order chi connectivity index (χ1) is 9.70. The quantitative estimate of drug-likeness (QED) is 0.623. The van der Waals surface area contributed by atoms with E-state index in [2.05, 4.69) is 10.6 Å². The maximum Gasteiger partial charge on any atom is 0.419 e. The van der Waals surface area contributed by atoms with Crippen molar-refractivity contribution in [3.63, 3.8) is 0 Å². The van der Waals surface area contributed by atoms with Crippen LogP contribution in [0.5, 0.6) is 0 Å². The molecule has 0 unspecified atom stereocenters. The van der Waals surface area contributed by atoms with Gasteiger partial charge < -0.3 is 10.6 Å². The maximum atomic E-state index is 13.1. The predicted molar refractivity (Wildman–Crippen MR) is 72.4 cm³/mol. The van der Waals surface area contributed by atoms with E-state index in [1.165, 1.54) is 0 Å². The Morgan fingerprint density at radius 1 is 1.29 bits per heavy atom. The summed E-state index contributed by atoms with van der Waals surface area (Å²) < 4.78 is 50.7. The van der Waals surface area contributed by atoms with E-state index >= 15 is 0 Å². The fourth-order valence-electron chi connectivity index (χ4n) is 1.68. The molecule has 0 radical (unpaired) electrons. The van der Waals surface area contributed by atoms with E-state index in [-0.39, 0.29) is 12.1 Å². The average Bonchev–Trinajstić information content (AvgIpc) is 2.35. The Balaban J connectivity index is 2.57. The van der Waals surface area contributed by atoms with Crippen molar-refractivity contribution in [1.82, 2.24) is 5.32 Å². The molecule has 1 rings (SSSR count). The van der Waals surface area contributed by atoms with Gasteiger partial charge in [-0.3, -0.25) is 4.79 Å². The van der Waals surface area contributed by atoms with Gasteiger partial charge >= 0.3 is 6.18 Å². The van der Waals surface area contributed by atoms with Crippen molar-refractivity contribution in [2.75, 3.05) is 11.9 Å². The predicted octanol–water partition coefficient (Wildman–Crippen LogP) is 3.56. The summed E-state index contributed by atoms with van der Waals surface area (Å²) in [6.45, 7) is 4.58. The summed E-state index contributed by atoms with van der Waals surface area (Å²) in [4.78, 5) is 11.6. The topological polar surface area (TPSA) is 41.1 Å². The lowest BCUT2D eigenvalue weighted by Crippen LogP contribution is -2.24. The van der Waals surface area contributed by atoms with Crippen molar-refractivity contribution >= 4 is 11.6 Å². The Morgan fingerprint density at radius 2 is 1.95 bits per heavy atom. The van der Waals surface area contributed by atoms with Gasteiger partial charge in [0, 0.05) is 18.2 Å². The Morgan fingerprint density at radius 3 is 2.52 bits per heavy atom. The number of anilines is 1. The van der Waals surface area contributed by atoms with Crippen LogP contribution in [0.3, 0.4) is 0 Å². The van der Waals surface area contributed by atoms with Gasteiger partial charge in [-0.15, -0.1) is 0 Å². The van der Waals surface area contributed by atoms with Gasteiger partial charge in [0.05, 0.1) is 5.56 Å². The van der Waals surface area contributed by atoms with Gasteiger partial charge in [-0.2, -0.15) is 13.2 Å². The number of hydrogen-bond donors (Lipinski definition) is 2. The summed E-state index contributed by atoms with van der Waals surface area (Å²) in [6, 6.07) is 2.70. The standard InChI is InChI=1S/C14H18F4N2O/c1-9(2)19-7-3-4-13(21)20-10-5-6-12(15)11(8-10)14(16,17)18/h5-6,8-9,19H,3-4,7H2,1-2H3,(H,20,21). The molecule has 0 aliphatic rings. The zero-order valence-electron chi connectivity index (χ0n) is 11.9. The fourth-order valence-corrected chi connectivity index (χ4v) is 1.68. The first kappa shape index (κ1) is 17.4. The maximum absolute atomic E-state index is 13.1. The number of rotatable bonds is 6. The molecule has 7 heteroatoms. The molecule has 21 heavy (non-hydrogen) atoms. The molecule has 1 aromatic carbocycles. The van der Waals surface area contributed by atoms with Crippen molar-refractivity contribution in [3.05, 3.63) is 29.6 Å². The van der Waals surface area contributed by atoms with Gasteiger partial charge in [-0.1, -0.05) is 13.8 Å². The second-order valence-corrected chi connectivity index (χ2v) is 4.95. The van der Waals surface area contributed by atoms with E-state index in [4.69, 9.17) is 0 Å². The second kappa shape index (κ2) is 7.40. The van der Waals surface area contributed by atoms with Gasteiger partial charge in [-0.05, 0) is 31.2 Å². The lowest BCUT2D eigenvalue weighted by atomic mass is 10.1. The number of carbonyl (C=O) groups excluding carboxylic acids is 1. The van der Waals surface area contributed by atoms with Crippen molar-refractivity contribution in [3.8, 4) is 0 Å². The smallest absolute Gasteiger partial charge is 0.326 e. The van der Waals surface area contributed by atoms with Crippen LogP contribution in [0.2, 0.25) is 0 Å². The van der Waals surface area contributed by atoms with Crippen LogP contribution in [0.15, 0.2) is 18.2 Å². The van der Waals surface area contributed by atoms with E-state index in [9.17, 15) is 22.4 Å². The van der Waals surface area contributed by atoms with E-state index in [1.807, 2.05) is 13.8 Å². The SMILES string of the molecule is CC(C)NCCCC(=O)Nc1ccc(F)c(C(F)(F)F)c1. The number of hydrogen-bond acceptors (Lipinski definition) is 2. The average molecular weight is 306 g/mol. The minimum atomic E-state index is -4.79. The van der Waals surface area contributed by atoms with Crippen molar-refractivity contribution < 1.29 is 22.4 Å². The Labute approximate surface area is 120 Å². The van der Waals surface area contributed by atoms with Crippen LogP contribution in [0, 0.1) is 5.82 Å². The molecule has 0 saturated carbocycles. The number of benzene rings is 1. The highest BCUT2D eigenvalue weighted by molar-refractivity contribution is 5.90. The zero-order valence-corrected chi connectivity index (χ0v) is 11.9. The molecule has 0 saturated heterocycles. The van der Waals surface area contributed by atoms with E-state index in [1.54, 1.807) is 0 Å². The molecule has 0 fully saturated rings. The molecule has 1 aromatic rings. The lowest BCUT2D eigenvalue weighted by molar-refractivity contribution is -0.140. The Bertz CT molecular complexity index is 486. The summed E-state index contributed by atoms with van der Waals surface area (Å²) in [5.74, 6) is -1.76. The molecular formula is C14H18F4N2O. The summed E-state index contributed by atoms with van der Waals surface area (Å²) in [6.07, 6.45) is -4.04. The van der Waals surface area contributed by atoms with Crippen molar-refractivity contribution in [2.24, 2.45) is 0 Å². The van der Waals surface area contributed by atoms with Crippen LogP contribution in [0.4, 0.5) is 23.2 Å². The first-order valence-corrected chi connectivity index (χ1v) is 6.60. The normalized spacial score (nSPS) is 11.8. The Hall–Kier alpha value is -1.63. The highest BCUT2D eigenvalue weighted by atomic mass is 19.4. The monoisotopic (exact) mass is 306 g/mol. The molecule has 0 heterocycles. The van der Waals surface area contributed by atoms with Gasteiger partial charge in [0.1, 0.15) is 5.82 Å². The third-order valence-electron chi connectivity index (χ3n) is 2.69. The number of alkyl halides is 3. The molecule has 0 bridgehead atoms. The third-order valence-corrected chi connectivity index (χ3v) is 2.69. The number of carbonyl (C=O) groups is 1. The summed E-state index contributed by atoms with van der Waals surface area (Å²) in [5, 5.41) is 5.46. The highest BCUT2D eigenvalue weighted by Crippen LogP contribution is 2.32. The lowest BCUT2D eigenvalue weighted by Gasteiger charge is -2.11. The fraction of sp³-hybridized carbons (Fsp3) is 0.500. The number of amides is 1. The molecule has 0 aromatic heterocycles. The molecule has 2 N–H and O–H groups in total. The minimum Gasteiger partial charge on any atom is -0.326 e. The number of halogens is 4. The van der Waals surface area contributed by atoms with Crippen LogP contribution in [-0.4, -0.2) is 18.5 Å². The van der Waals surface area contributed by atoms with Gasteiger partial charge in [0.2, 0.25) is 5.91 Å². The molecular weight excluding hydrogens is 288 g/mol. The largest absolute Gasteiger partial charge is 0.419 e. The molecule has 1 amide bonds. The molecule has 0 atom stereocenters. The van der Waals surface area contributed by atoms with Crippen molar-refractivity contribution in [1.29, 1.82) is 0 Å². The summed E-state index contributed by atoms with van der Waals surface area (Å²) in [5.41, 5.74) is -1.45. The zero-order chi connectivity index (χ0) is 16.0. The van der Waals surface area contributed by atoms with Gasteiger partial charge in [0.25, 0.3) is 0 Å². The third kappa shape index (κ3) is 6.12. The van der Waals surface area contributed by atoms with Gasteiger partial charge in [0.15, 0.2) is 0 Å². The summed E-state index contributed by atoms with van der Waals surface area (Å²) in [7, 11) is 0. The molecule has 118 valence electrons. The molecule has 0 aliphatic heterocycles. The van der Waals surface area contributed by atoms with Crippen LogP contribution in [0.1, 0.15) is 32.3 Å². The molecule has 0 aliphatic carbocycles. The van der Waals surface area contributed by atoms with Crippen molar-refractivity contribution in [2.45, 2.75) is 38.9 Å². The molecule has 3 nitrogen and oxygen atoms in total. The van der Waals surface area contributed by atoms with Gasteiger partial charge in [-0.25, -0.2) is 4.39 Å². The van der Waals surface area contributed by atoms with Crippen LogP contribution in [-0.2, 0) is 11.0 Å². The first-order valence-electron chi connectivity index (χ1n) is 6.60. The van der Waals surface area contributed by atoms with E-state index < -0.39 is 23.5 Å². The summed E-state index contributed by atoms with van der Waals surface area (Å²) >= 11 is 0. The number of nitrogens with one attached hydrogen (secondary N) is 2. The van der Waals surface area contributed by atoms with Crippen LogP contribution in [0.25, 0.3) is 0 Å².